The van der Waals surface area contributed by atoms with Crippen molar-refractivity contribution in [1.29, 1.82) is 0 Å². The van der Waals surface area contributed by atoms with Gasteiger partial charge in [0.15, 0.2) is 12.1 Å². The van der Waals surface area contributed by atoms with Crippen LogP contribution in [0.5, 0.6) is 0 Å². The fraction of sp³-hybridized carbons (Fsp3) is 0.200. The number of hydrogen-bond donors (Lipinski definition) is 0. The maximum Gasteiger partial charge on any atom is 0.155 e. The van der Waals surface area contributed by atoms with Gasteiger partial charge in [0.25, 0.3) is 0 Å². The molecule has 0 aromatic carbocycles. The van der Waals surface area contributed by atoms with Crippen molar-refractivity contribution in [2.24, 2.45) is 0 Å². The number of hydrogen-bond acceptors (Lipinski definition) is 3. The molecule has 0 radical (unpaired) electrons. The molecule has 1 heterocycles. The molecule has 0 saturated carbocycles. The van der Waals surface area contributed by atoms with Crippen molar-refractivity contribution < 1.29 is 9.18 Å². The average molecular weight is 192 g/mol. The number of halogens is 1. The summed E-state index contributed by atoms with van der Waals surface area (Å²) in [7, 11) is 1.67. The van der Waals surface area contributed by atoms with Crippen LogP contribution in [0.4, 0.5) is 10.1 Å². The minimum absolute atomic E-state index is 0.0160. The van der Waals surface area contributed by atoms with Crippen LogP contribution in [0.1, 0.15) is 10.4 Å². The highest BCUT2D eigenvalue weighted by Crippen LogP contribution is 2.18. The Kier molecular flexibility index (Phi) is 3.19. The quantitative estimate of drug-likeness (QED) is 0.531. The lowest BCUT2D eigenvalue weighted by Crippen LogP contribution is -2.19. The van der Waals surface area contributed by atoms with Crippen molar-refractivity contribution in [3.05, 3.63) is 23.8 Å². The Morgan fingerprint density at radius 3 is 3.00 bits per heavy atom. The smallest absolute Gasteiger partial charge is 0.155 e. The summed E-state index contributed by atoms with van der Waals surface area (Å²) in [6.45, 7) is 0.298. The number of carbonyl (C=O) groups excluding carboxylic acids is 1. The zero-order valence-electron chi connectivity index (χ0n) is 7.70. The first-order valence-electron chi connectivity index (χ1n) is 3.94. The van der Waals surface area contributed by atoms with Crippen LogP contribution in [0.25, 0.3) is 0 Å². The van der Waals surface area contributed by atoms with E-state index in [1.807, 2.05) is 0 Å². The molecule has 72 valence electrons. The average Bonchev–Trinajstić information content (AvgIpc) is 2.17. The molecule has 0 unspecified atom stereocenters. The van der Waals surface area contributed by atoms with E-state index in [0.29, 0.717) is 18.5 Å². The predicted molar refractivity (Wildman–Crippen MR) is 51.7 cm³/mol. The largest absolute Gasteiger partial charge is 0.362 e. The molecule has 0 saturated heterocycles. The molecule has 0 amide bonds. The third kappa shape index (κ3) is 1.88. The summed E-state index contributed by atoms with van der Waals surface area (Å²) >= 11 is 0. The van der Waals surface area contributed by atoms with E-state index in [0.717, 1.165) is 6.20 Å². The fourth-order valence-electron chi connectivity index (χ4n) is 1.08. The van der Waals surface area contributed by atoms with Crippen LogP contribution in [-0.2, 0) is 0 Å². The Bertz CT molecular complexity index is 384. The highest BCUT2D eigenvalue weighted by atomic mass is 19.1. The predicted octanol–water partition coefficient (Wildman–Crippen LogP) is 1.10. The first-order chi connectivity index (χ1) is 6.70. The van der Waals surface area contributed by atoms with Gasteiger partial charge in [0.2, 0.25) is 0 Å². The molecule has 0 aliphatic rings. The minimum atomic E-state index is -0.638. The minimum Gasteiger partial charge on any atom is -0.362 e. The zero-order chi connectivity index (χ0) is 10.6. The van der Waals surface area contributed by atoms with Gasteiger partial charge in [0.05, 0.1) is 30.2 Å². The first-order valence-corrected chi connectivity index (χ1v) is 3.94. The lowest BCUT2D eigenvalue weighted by Gasteiger charge is -2.17. The van der Waals surface area contributed by atoms with E-state index >= 15 is 0 Å². The van der Waals surface area contributed by atoms with Crippen LogP contribution >= 0.6 is 0 Å². The van der Waals surface area contributed by atoms with Crippen LogP contribution in [-0.4, -0.2) is 24.9 Å². The van der Waals surface area contributed by atoms with Crippen molar-refractivity contribution >= 4 is 12.0 Å². The SMILES string of the molecule is C#CCN(C)c1cncc(F)c1C=O. The molecule has 0 bridgehead atoms. The van der Waals surface area contributed by atoms with Gasteiger partial charge in [-0.05, 0) is 0 Å². The molecule has 0 N–H and O–H groups in total. The van der Waals surface area contributed by atoms with Gasteiger partial charge in [0, 0.05) is 7.05 Å². The van der Waals surface area contributed by atoms with Gasteiger partial charge in [-0.2, -0.15) is 0 Å². The first kappa shape index (κ1) is 10.2. The van der Waals surface area contributed by atoms with E-state index in [1.54, 1.807) is 11.9 Å². The Morgan fingerprint density at radius 1 is 1.71 bits per heavy atom. The molecule has 0 spiro atoms. The molecule has 0 aliphatic heterocycles. The van der Waals surface area contributed by atoms with Gasteiger partial charge in [0.1, 0.15) is 0 Å². The molecule has 0 atom stereocenters. The molecular formula is C10H9FN2O. The third-order valence-electron chi connectivity index (χ3n) is 1.78. The lowest BCUT2D eigenvalue weighted by atomic mass is 10.2. The second kappa shape index (κ2) is 4.38. The maximum atomic E-state index is 13.1. The van der Waals surface area contributed by atoms with Crippen LogP contribution in [0.15, 0.2) is 12.4 Å². The highest BCUT2D eigenvalue weighted by Gasteiger charge is 2.10. The summed E-state index contributed by atoms with van der Waals surface area (Å²) in [6.07, 6.45) is 7.96. The highest BCUT2D eigenvalue weighted by molar-refractivity contribution is 5.84. The molecule has 14 heavy (non-hydrogen) atoms. The molecule has 4 heteroatoms. The van der Waals surface area contributed by atoms with E-state index in [1.165, 1.54) is 6.20 Å². The third-order valence-corrected chi connectivity index (χ3v) is 1.78. The molecule has 0 aliphatic carbocycles. The van der Waals surface area contributed by atoms with Gasteiger partial charge >= 0.3 is 0 Å². The van der Waals surface area contributed by atoms with Crippen molar-refractivity contribution in [2.75, 3.05) is 18.5 Å². The molecule has 1 rings (SSSR count). The summed E-state index contributed by atoms with van der Waals surface area (Å²) in [4.78, 5) is 15.8. The normalized spacial score (nSPS) is 9.21. The van der Waals surface area contributed by atoms with E-state index in [4.69, 9.17) is 6.42 Å². The number of carbonyl (C=O) groups is 1. The maximum absolute atomic E-state index is 13.1. The van der Waals surface area contributed by atoms with Gasteiger partial charge in [-0.25, -0.2) is 4.39 Å². The number of terminal acetylenes is 1. The standard InChI is InChI=1S/C10H9FN2O/c1-3-4-13(2)10-6-12-5-9(11)8(10)7-14/h1,5-7H,4H2,2H3. The monoisotopic (exact) mass is 192 g/mol. The van der Waals surface area contributed by atoms with Gasteiger partial charge < -0.3 is 4.90 Å². The van der Waals surface area contributed by atoms with Crippen molar-refractivity contribution in [2.45, 2.75) is 0 Å². The number of aldehydes is 1. The molecule has 0 fully saturated rings. The van der Waals surface area contributed by atoms with Crippen molar-refractivity contribution in [1.82, 2.24) is 4.98 Å². The van der Waals surface area contributed by atoms with Gasteiger partial charge in [-0.15, -0.1) is 6.42 Å². The molecular weight excluding hydrogens is 183 g/mol. The second-order valence-corrected chi connectivity index (χ2v) is 2.73. The van der Waals surface area contributed by atoms with E-state index in [9.17, 15) is 9.18 Å². The van der Waals surface area contributed by atoms with Crippen molar-refractivity contribution in [3.63, 3.8) is 0 Å². The molecule has 1 aromatic rings. The topological polar surface area (TPSA) is 33.2 Å². The number of nitrogens with zero attached hydrogens (tertiary/aromatic N) is 2. The molecule has 3 nitrogen and oxygen atoms in total. The van der Waals surface area contributed by atoms with Crippen LogP contribution in [0.3, 0.4) is 0 Å². The summed E-state index contributed by atoms with van der Waals surface area (Å²) in [5, 5.41) is 0. The van der Waals surface area contributed by atoms with E-state index < -0.39 is 5.82 Å². The van der Waals surface area contributed by atoms with Gasteiger partial charge in [-0.1, -0.05) is 5.92 Å². The number of rotatable bonds is 3. The number of anilines is 1. The Morgan fingerprint density at radius 2 is 2.43 bits per heavy atom. The summed E-state index contributed by atoms with van der Waals surface area (Å²) in [5.41, 5.74) is 0.385. The summed E-state index contributed by atoms with van der Waals surface area (Å²) < 4.78 is 13.1. The Hall–Kier alpha value is -1.89. The fourth-order valence-corrected chi connectivity index (χ4v) is 1.08. The van der Waals surface area contributed by atoms with Gasteiger partial charge in [-0.3, -0.25) is 9.78 Å². The van der Waals surface area contributed by atoms with Crippen LogP contribution in [0, 0.1) is 18.2 Å². The Balaban J connectivity index is 3.14. The number of pyridine rings is 1. The van der Waals surface area contributed by atoms with E-state index in [2.05, 4.69) is 10.9 Å². The summed E-state index contributed by atoms with van der Waals surface area (Å²) in [5.74, 6) is 1.76. The Labute approximate surface area is 81.6 Å². The molecule has 1 aromatic heterocycles. The number of aromatic nitrogens is 1. The zero-order valence-corrected chi connectivity index (χ0v) is 7.70. The summed E-state index contributed by atoms with van der Waals surface area (Å²) in [6, 6.07) is 0. The van der Waals surface area contributed by atoms with E-state index in [-0.39, 0.29) is 5.56 Å². The lowest BCUT2D eigenvalue weighted by molar-refractivity contribution is 0.112. The van der Waals surface area contributed by atoms with Crippen LogP contribution < -0.4 is 4.90 Å². The second-order valence-electron chi connectivity index (χ2n) is 2.73. The van der Waals surface area contributed by atoms with Crippen molar-refractivity contribution in [3.8, 4) is 12.3 Å². The van der Waals surface area contributed by atoms with Crippen LogP contribution in [0.2, 0.25) is 0 Å².